The Balaban J connectivity index is 1.48. The maximum atomic E-state index is 12.9. The minimum absolute atomic E-state index is 0.127. The molecular formula is C21H28N4O3. The molecule has 0 bridgehead atoms. The van der Waals surface area contributed by atoms with Gasteiger partial charge in [-0.25, -0.2) is 0 Å². The molecule has 3 aliphatic rings. The Morgan fingerprint density at radius 2 is 1.96 bits per heavy atom. The lowest BCUT2D eigenvalue weighted by Crippen LogP contribution is -2.52. The number of piperidine rings is 1. The van der Waals surface area contributed by atoms with Crippen molar-refractivity contribution in [1.82, 2.24) is 15.5 Å². The molecule has 1 aliphatic carbocycles. The highest BCUT2D eigenvalue weighted by Gasteiger charge is 2.39. The summed E-state index contributed by atoms with van der Waals surface area (Å²) in [5.74, 6) is -0.141. The first-order valence-corrected chi connectivity index (χ1v) is 10.3. The molecule has 28 heavy (non-hydrogen) atoms. The third-order valence-corrected chi connectivity index (χ3v) is 6.46. The SMILES string of the molecule is NCC(NCc1cccc2c1CN(C1CCC(=O)NC1=O)C2=O)C1CCCC1. The number of carbonyl (C=O) groups is 3. The summed E-state index contributed by atoms with van der Waals surface area (Å²) in [5.41, 5.74) is 8.72. The number of nitrogens with two attached hydrogens (primary N) is 1. The molecule has 2 heterocycles. The second-order valence-electron chi connectivity index (χ2n) is 8.11. The van der Waals surface area contributed by atoms with Gasteiger partial charge in [-0.15, -0.1) is 0 Å². The van der Waals surface area contributed by atoms with Gasteiger partial charge in [0.15, 0.2) is 0 Å². The van der Waals surface area contributed by atoms with Crippen LogP contribution in [0.5, 0.6) is 0 Å². The lowest BCUT2D eigenvalue weighted by atomic mass is 9.97. The van der Waals surface area contributed by atoms with E-state index in [1.807, 2.05) is 18.2 Å². The molecule has 1 saturated carbocycles. The number of hydrogen-bond donors (Lipinski definition) is 3. The van der Waals surface area contributed by atoms with Gasteiger partial charge in [-0.1, -0.05) is 25.0 Å². The van der Waals surface area contributed by atoms with Crippen LogP contribution in [0.25, 0.3) is 0 Å². The number of imide groups is 1. The molecule has 2 unspecified atom stereocenters. The van der Waals surface area contributed by atoms with Crippen molar-refractivity contribution in [3.63, 3.8) is 0 Å². The van der Waals surface area contributed by atoms with Crippen LogP contribution >= 0.6 is 0 Å². The van der Waals surface area contributed by atoms with Crippen LogP contribution < -0.4 is 16.4 Å². The van der Waals surface area contributed by atoms with Crippen molar-refractivity contribution in [2.45, 2.75) is 63.7 Å². The number of fused-ring (bicyclic) bond motifs is 1. The van der Waals surface area contributed by atoms with Crippen molar-refractivity contribution in [3.8, 4) is 0 Å². The highest BCUT2D eigenvalue weighted by molar-refractivity contribution is 6.05. The van der Waals surface area contributed by atoms with Crippen molar-refractivity contribution in [2.24, 2.45) is 11.7 Å². The summed E-state index contributed by atoms with van der Waals surface area (Å²) in [7, 11) is 0. The van der Waals surface area contributed by atoms with Crippen LogP contribution in [-0.4, -0.2) is 41.2 Å². The summed E-state index contributed by atoms with van der Waals surface area (Å²) in [4.78, 5) is 38.1. The van der Waals surface area contributed by atoms with E-state index in [-0.39, 0.29) is 24.1 Å². The standard InChI is InChI=1S/C21H28N4O3/c22-10-17(13-4-1-2-5-13)23-11-14-6-3-7-15-16(14)12-25(21(15)28)18-8-9-19(26)24-20(18)27/h3,6-7,13,17-18,23H,1-2,4-5,8-12,22H2,(H,24,26,27). The van der Waals surface area contributed by atoms with Gasteiger partial charge >= 0.3 is 0 Å². The molecule has 4 N–H and O–H groups in total. The smallest absolute Gasteiger partial charge is 0.255 e. The molecule has 1 aromatic rings. The number of nitrogens with one attached hydrogen (secondary N) is 2. The average molecular weight is 384 g/mol. The van der Waals surface area contributed by atoms with Crippen LogP contribution in [0, 0.1) is 5.92 Å². The quantitative estimate of drug-likeness (QED) is 0.636. The molecule has 0 radical (unpaired) electrons. The predicted octanol–water partition coefficient (Wildman–Crippen LogP) is 1.05. The monoisotopic (exact) mass is 384 g/mol. The van der Waals surface area contributed by atoms with Gasteiger partial charge in [0.2, 0.25) is 11.8 Å². The van der Waals surface area contributed by atoms with Gasteiger partial charge in [0.1, 0.15) is 6.04 Å². The Morgan fingerprint density at radius 3 is 2.68 bits per heavy atom. The van der Waals surface area contributed by atoms with E-state index in [4.69, 9.17) is 5.73 Å². The minimum atomic E-state index is -0.575. The predicted molar refractivity (Wildman–Crippen MR) is 104 cm³/mol. The Hall–Kier alpha value is -2.25. The largest absolute Gasteiger partial charge is 0.329 e. The molecule has 150 valence electrons. The lowest BCUT2D eigenvalue weighted by Gasteiger charge is -2.29. The molecule has 2 aliphatic heterocycles. The van der Waals surface area contributed by atoms with Crippen LogP contribution in [0.4, 0.5) is 0 Å². The molecule has 2 fully saturated rings. The number of amides is 3. The molecule has 2 atom stereocenters. The molecule has 7 nitrogen and oxygen atoms in total. The normalized spacial score (nSPS) is 23.8. The average Bonchev–Trinajstić information content (AvgIpc) is 3.32. The number of nitrogens with zero attached hydrogens (tertiary/aromatic N) is 1. The van der Waals surface area contributed by atoms with Crippen LogP contribution in [0.1, 0.15) is 60.0 Å². The zero-order chi connectivity index (χ0) is 19.7. The Bertz CT molecular complexity index is 788. The Morgan fingerprint density at radius 1 is 1.18 bits per heavy atom. The third-order valence-electron chi connectivity index (χ3n) is 6.46. The molecule has 4 rings (SSSR count). The first-order chi connectivity index (χ1) is 13.6. The maximum absolute atomic E-state index is 12.9. The fourth-order valence-electron chi connectivity index (χ4n) is 4.86. The summed E-state index contributed by atoms with van der Waals surface area (Å²) in [6, 6.07) is 5.48. The van der Waals surface area contributed by atoms with Crippen LogP contribution in [0.3, 0.4) is 0 Å². The molecule has 0 aromatic heterocycles. The van der Waals surface area contributed by atoms with Crippen molar-refractivity contribution < 1.29 is 14.4 Å². The van der Waals surface area contributed by atoms with Crippen molar-refractivity contribution in [1.29, 1.82) is 0 Å². The van der Waals surface area contributed by atoms with Gasteiger partial charge in [0, 0.05) is 37.7 Å². The molecule has 1 saturated heterocycles. The maximum Gasteiger partial charge on any atom is 0.255 e. The molecule has 3 amide bonds. The van der Waals surface area contributed by atoms with E-state index in [0.29, 0.717) is 43.6 Å². The van der Waals surface area contributed by atoms with E-state index in [1.165, 1.54) is 25.7 Å². The Labute approximate surface area is 165 Å². The number of hydrogen-bond acceptors (Lipinski definition) is 5. The van der Waals surface area contributed by atoms with E-state index in [2.05, 4.69) is 10.6 Å². The van der Waals surface area contributed by atoms with Gasteiger partial charge in [0.05, 0.1) is 0 Å². The van der Waals surface area contributed by atoms with Gasteiger partial charge in [-0.3, -0.25) is 19.7 Å². The van der Waals surface area contributed by atoms with E-state index < -0.39 is 6.04 Å². The third kappa shape index (κ3) is 3.56. The van der Waals surface area contributed by atoms with Gasteiger partial charge < -0.3 is 16.0 Å². The van der Waals surface area contributed by atoms with Crippen molar-refractivity contribution in [2.75, 3.05) is 6.54 Å². The van der Waals surface area contributed by atoms with Gasteiger partial charge in [-0.2, -0.15) is 0 Å². The van der Waals surface area contributed by atoms with Crippen LogP contribution in [0.2, 0.25) is 0 Å². The molecule has 0 spiro atoms. The molecular weight excluding hydrogens is 356 g/mol. The van der Waals surface area contributed by atoms with Crippen LogP contribution in [0.15, 0.2) is 18.2 Å². The highest BCUT2D eigenvalue weighted by Crippen LogP contribution is 2.31. The van der Waals surface area contributed by atoms with Gasteiger partial charge in [-0.05, 0) is 42.4 Å². The number of rotatable bonds is 6. The number of carbonyl (C=O) groups excluding carboxylic acids is 3. The topological polar surface area (TPSA) is 105 Å². The van der Waals surface area contributed by atoms with Crippen molar-refractivity contribution >= 4 is 17.7 Å². The molecule has 1 aromatic carbocycles. The summed E-state index contributed by atoms with van der Waals surface area (Å²) in [6.45, 7) is 1.69. The summed E-state index contributed by atoms with van der Waals surface area (Å²) >= 11 is 0. The highest BCUT2D eigenvalue weighted by atomic mass is 16.2. The van der Waals surface area contributed by atoms with E-state index in [9.17, 15) is 14.4 Å². The second-order valence-corrected chi connectivity index (χ2v) is 8.11. The minimum Gasteiger partial charge on any atom is -0.329 e. The van der Waals surface area contributed by atoms with Crippen molar-refractivity contribution in [3.05, 3.63) is 34.9 Å². The van der Waals surface area contributed by atoms with Crippen LogP contribution in [-0.2, 0) is 22.7 Å². The zero-order valence-corrected chi connectivity index (χ0v) is 16.1. The first-order valence-electron chi connectivity index (χ1n) is 10.3. The first kappa shape index (κ1) is 19.1. The fourth-order valence-corrected chi connectivity index (χ4v) is 4.86. The lowest BCUT2D eigenvalue weighted by molar-refractivity contribution is -0.136. The number of benzene rings is 1. The molecule has 7 heteroatoms. The summed E-state index contributed by atoms with van der Waals surface area (Å²) < 4.78 is 0. The second kappa shape index (κ2) is 8.01. The van der Waals surface area contributed by atoms with Gasteiger partial charge in [0.25, 0.3) is 5.91 Å². The summed E-state index contributed by atoms with van der Waals surface area (Å²) in [6.07, 6.45) is 5.66. The fraction of sp³-hybridized carbons (Fsp3) is 0.571. The summed E-state index contributed by atoms with van der Waals surface area (Å²) in [5, 5.41) is 5.95. The van der Waals surface area contributed by atoms with E-state index >= 15 is 0 Å². The Kier molecular flexibility index (Phi) is 5.46. The zero-order valence-electron chi connectivity index (χ0n) is 16.1. The van der Waals surface area contributed by atoms with E-state index in [0.717, 1.165) is 11.1 Å². The van der Waals surface area contributed by atoms with E-state index in [1.54, 1.807) is 4.90 Å².